The highest BCUT2D eigenvalue weighted by atomic mass is 16.2. The minimum absolute atomic E-state index is 0.143. The van der Waals surface area contributed by atoms with E-state index in [4.69, 9.17) is 5.73 Å². The van der Waals surface area contributed by atoms with Crippen molar-refractivity contribution in [3.8, 4) is 0 Å². The van der Waals surface area contributed by atoms with E-state index in [2.05, 4.69) is 10.3 Å². The van der Waals surface area contributed by atoms with E-state index >= 15 is 0 Å². The van der Waals surface area contributed by atoms with Gasteiger partial charge >= 0.3 is 0 Å². The van der Waals surface area contributed by atoms with Crippen LogP contribution in [-0.2, 0) is 11.3 Å². The van der Waals surface area contributed by atoms with Gasteiger partial charge in [-0.3, -0.25) is 9.59 Å². The molecule has 6 heteroatoms. The largest absolute Gasteiger partial charge is 0.368 e. The van der Waals surface area contributed by atoms with Crippen molar-refractivity contribution in [1.82, 2.24) is 9.55 Å². The zero-order valence-corrected chi connectivity index (χ0v) is 10.4. The number of carbonyl (C=O) groups excluding carboxylic acids is 1. The number of aryl methyl sites for hydroxylation is 1. The molecule has 0 unspecified atom stereocenters. The normalized spacial score (nSPS) is 11.2. The Labute approximate surface area is 99.8 Å². The van der Waals surface area contributed by atoms with E-state index in [0.717, 1.165) is 6.42 Å². The Morgan fingerprint density at radius 3 is 2.76 bits per heavy atom. The van der Waals surface area contributed by atoms with Gasteiger partial charge in [0.25, 0.3) is 5.56 Å². The van der Waals surface area contributed by atoms with Crippen LogP contribution in [0, 0.1) is 0 Å². The quantitative estimate of drug-likeness (QED) is 0.773. The monoisotopic (exact) mass is 238 g/mol. The predicted molar refractivity (Wildman–Crippen MR) is 65.7 cm³/mol. The second-order valence-electron chi connectivity index (χ2n) is 4.39. The number of primary amides is 1. The number of anilines is 1. The van der Waals surface area contributed by atoms with Crippen LogP contribution in [-0.4, -0.2) is 21.0 Å². The van der Waals surface area contributed by atoms with Crippen molar-refractivity contribution in [1.29, 1.82) is 0 Å². The summed E-state index contributed by atoms with van der Waals surface area (Å²) >= 11 is 0. The Balaban J connectivity index is 3.04. The lowest BCUT2D eigenvalue weighted by Crippen LogP contribution is -2.46. The highest BCUT2D eigenvalue weighted by Crippen LogP contribution is 2.08. The molecule has 1 amide bonds. The van der Waals surface area contributed by atoms with E-state index in [1.54, 1.807) is 24.6 Å². The Bertz CT molecular complexity index is 465. The van der Waals surface area contributed by atoms with Gasteiger partial charge in [-0.2, -0.15) is 0 Å². The Hall–Kier alpha value is -1.85. The Kier molecular flexibility index (Phi) is 3.88. The molecule has 0 aliphatic rings. The fraction of sp³-hybridized carbons (Fsp3) is 0.545. The second-order valence-corrected chi connectivity index (χ2v) is 4.39. The first kappa shape index (κ1) is 13.2. The van der Waals surface area contributed by atoms with Crippen molar-refractivity contribution in [3.05, 3.63) is 22.7 Å². The molecule has 0 aliphatic carbocycles. The SMILES string of the molecule is CCCn1ccnc(NC(C)(C)C(N)=O)c1=O. The minimum atomic E-state index is -1.00. The van der Waals surface area contributed by atoms with E-state index in [0.29, 0.717) is 6.54 Å². The maximum absolute atomic E-state index is 11.9. The number of amides is 1. The third kappa shape index (κ3) is 3.05. The van der Waals surface area contributed by atoms with Crippen LogP contribution in [0.4, 0.5) is 5.82 Å². The van der Waals surface area contributed by atoms with E-state index < -0.39 is 11.4 Å². The van der Waals surface area contributed by atoms with Crippen molar-refractivity contribution >= 4 is 11.7 Å². The van der Waals surface area contributed by atoms with Gasteiger partial charge in [0.1, 0.15) is 5.54 Å². The number of hydrogen-bond donors (Lipinski definition) is 2. The number of carbonyl (C=O) groups is 1. The van der Waals surface area contributed by atoms with Gasteiger partial charge in [0, 0.05) is 18.9 Å². The van der Waals surface area contributed by atoms with Gasteiger partial charge in [0.05, 0.1) is 0 Å². The van der Waals surface area contributed by atoms with Crippen molar-refractivity contribution in [3.63, 3.8) is 0 Å². The zero-order chi connectivity index (χ0) is 13.1. The second kappa shape index (κ2) is 4.99. The van der Waals surface area contributed by atoms with Crippen molar-refractivity contribution in [2.45, 2.75) is 39.3 Å². The van der Waals surface area contributed by atoms with Crippen molar-refractivity contribution in [2.24, 2.45) is 5.73 Å². The molecule has 0 atom stereocenters. The maximum Gasteiger partial charge on any atom is 0.293 e. The fourth-order valence-corrected chi connectivity index (χ4v) is 1.31. The van der Waals surface area contributed by atoms with Gasteiger partial charge in [-0.25, -0.2) is 4.98 Å². The molecule has 0 radical (unpaired) electrons. The minimum Gasteiger partial charge on any atom is -0.368 e. The van der Waals surface area contributed by atoms with Crippen LogP contribution in [0.2, 0.25) is 0 Å². The maximum atomic E-state index is 11.9. The van der Waals surface area contributed by atoms with Crippen LogP contribution >= 0.6 is 0 Å². The Morgan fingerprint density at radius 2 is 2.24 bits per heavy atom. The molecule has 94 valence electrons. The summed E-state index contributed by atoms with van der Waals surface area (Å²) in [6, 6.07) is 0. The summed E-state index contributed by atoms with van der Waals surface area (Å²) in [7, 11) is 0. The first-order valence-electron chi connectivity index (χ1n) is 5.52. The standard InChI is InChI=1S/C11H18N4O2/c1-4-6-15-7-5-13-8(9(15)16)14-11(2,3)10(12)17/h5,7H,4,6H2,1-3H3,(H2,12,17)(H,13,14). The zero-order valence-electron chi connectivity index (χ0n) is 10.4. The van der Waals surface area contributed by atoms with Gasteiger partial charge in [0.2, 0.25) is 5.91 Å². The average molecular weight is 238 g/mol. The number of nitrogens with two attached hydrogens (primary N) is 1. The van der Waals surface area contributed by atoms with Gasteiger partial charge in [-0.1, -0.05) is 6.92 Å². The van der Waals surface area contributed by atoms with Crippen LogP contribution in [0.25, 0.3) is 0 Å². The Morgan fingerprint density at radius 1 is 1.59 bits per heavy atom. The third-order valence-electron chi connectivity index (χ3n) is 2.43. The summed E-state index contributed by atoms with van der Waals surface area (Å²) in [6.07, 6.45) is 3.99. The third-order valence-corrected chi connectivity index (χ3v) is 2.43. The molecule has 0 saturated heterocycles. The summed E-state index contributed by atoms with van der Waals surface area (Å²) in [6.45, 7) is 5.81. The number of aromatic nitrogens is 2. The van der Waals surface area contributed by atoms with Crippen LogP contribution < -0.4 is 16.6 Å². The molecule has 6 nitrogen and oxygen atoms in total. The topological polar surface area (TPSA) is 90.0 Å². The average Bonchev–Trinajstić information content (AvgIpc) is 2.24. The van der Waals surface area contributed by atoms with Gasteiger partial charge in [0.15, 0.2) is 5.82 Å². The molecule has 1 aromatic heterocycles. The van der Waals surface area contributed by atoms with Crippen LogP contribution in [0.15, 0.2) is 17.2 Å². The van der Waals surface area contributed by atoms with Crippen LogP contribution in [0.1, 0.15) is 27.2 Å². The van der Waals surface area contributed by atoms with E-state index in [-0.39, 0.29) is 11.4 Å². The van der Waals surface area contributed by atoms with Crippen molar-refractivity contribution in [2.75, 3.05) is 5.32 Å². The summed E-state index contributed by atoms with van der Waals surface area (Å²) in [5.41, 5.74) is 3.98. The first-order chi connectivity index (χ1) is 7.88. The molecule has 0 bridgehead atoms. The van der Waals surface area contributed by atoms with E-state index in [1.165, 1.54) is 6.20 Å². The molecule has 0 spiro atoms. The highest BCUT2D eigenvalue weighted by molar-refractivity contribution is 5.86. The molecule has 3 N–H and O–H groups in total. The van der Waals surface area contributed by atoms with E-state index in [1.807, 2.05) is 6.92 Å². The fourth-order valence-electron chi connectivity index (χ4n) is 1.31. The number of nitrogens with zero attached hydrogens (tertiary/aromatic N) is 2. The van der Waals surface area contributed by atoms with Crippen molar-refractivity contribution < 1.29 is 4.79 Å². The van der Waals surface area contributed by atoms with Gasteiger partial charge in [-0.15, -0.1) is 0 Å². The predicted octanol–water partition coefficient (Wildman–Crippen LogP) is 0.329. The van der Waals surface area contributed by atoms with Crippen LogP contribution in [0.5, 0.6) is 0 Å². The summed E-state index contributed by atoms with van der Waals surface area (Å²) in [4.78, 5) is 27.1. The lowest BCUT2D eigenvalue weighted by Gasteiger charge is -2.22. The molecule has 1 aromatic rings. The number of hydrogen-bond acceptors (Lipinski definition) is 4. The van der Waals surface area contributed by atoms with E-state index in [9.17, 15) is 9.59 Å². The summed E-state index contributed by atoms with van der Waals surface area (Å²) < 4.78 is 1.55. The highest BCUT2D eigenvalue weighted by Gasteiger charge is 2.26. The lowest BCUT2D eigenvalue weighted by atomic mass is 10.1. The van der Waals surface area contributed by atoms with Gasteiger partial charge < -0.3 is 15.6 Å². The molecule has 0 aliphatic heterocycles. The summed E-state index contributed by atoms with van der Waals surface area (Å²) in [5, 5.41) is 2.77. The number of nitrogens with one attached hydrogen (secondary N) is 1. The molecule has 0 saturated carbocycles. The van der Waals surface area contributed by atoms with Gasteiger partial charge in [-0.05, 0) is 20.3 Å². The molecular formula is C11H18N4O2. The lowest BCUT2D eigenvalue weighted by molar-refractivity contribution is -0.121. The molecule has 1 rings (SSSR count). The summed E-state index contributed by atoms with van der Waals surface area (Å²) in [5.74, 6) is -0.394. The molecule has 17 heavy (non-hydrogen) atoms. The van der Waals surface area contributed by atoms with Crippen LogP contribution in [0.3, 0.4) is 0 Å². The number of rotatable bonds is 5. The molecule has 1 heterocycles. The first-order valence-corrected chi connectivity index (χ1v) is 5.52. The smallest absolute Gasteiger partial charge is 0.293 e. The molecular weight excluding hydrogens is 220 g/mol. The molecule has 0 fully saturated rings. The molecule has 0 aromatic carbocycles.